The molecule has 0 fully saturated rings. The minimum atomic E-state index is -3.87. The van der Waals surface area contributed by atoms with E-state index in [0.717, 1.165) is 0 Å². The van der Waals surface area contributed by atoms with E-state index >= 15 is 0 Å². The maximum absolute atomic E-state index is 12.9. The number of fused-ring (bicyclic) bond motifs is 1. The third-order valence-corrected chi connectivity index (χ3v) is 8.02. The molecule has 0 bridgehead atoms. The second-order valence-electron chi connectivity index (χ2n) is 7.67. The van der Waals surface area contributed by atoms with Crippen molar-refractivity contribution in [3.63, 3.8) is 0 Å². The summed E-state index contributed by atoms with van der Waals surface area (Å²) in [5.74, 6) is -0.385. The Morgan fingerprint density at radius 2 is 1.42 bits per heavy atom. The number of rotatable bonds is 16. The third kappa shape index (κ3) is 9.82. The van der Waals surface area contributed by atoms with Gasteiger partial charge in [0.15, 0.2) is 5.78 Å². The molecule has 0 unspecified atom stereocenters. The summed E-state index contributed by atoms with van der Waals surface area (Å²) >= 11 is 0. The number of hydrogen-bond acceptors (Lipinski definition) is 9. The maximum Gasteiger partial charge on any atom is 0.240 e. The summed E-state index contributed by atoms with van der Waals surface area (Å²) < 4.78 is 75.8. The Balaban J connectivity index is 2.07. The standard InChI is InChI=1S/C23H34N2O9S2/c1-31-14-16-33-12-10-24-35(27,28)20-5-3-4-19-6-7-21(18-22(19)23(26)9-8-20)36(29,30)25-11-13-34-17-15-32-2/h3,5-8,18,24-25H,4,9-17H2,1-2H3/b5-3-,20-8+. The quantitative estimate of drug-likeness (QED) is 0.287. The molecule has 0 aliphatic heterocycles. The highest BCUT2D eigenvalue weighted by atomic mass is 32.2. The van der Waals surface area contributed by atoms with Gasteiger partial charge in [-0.1, -0.05) is 18.2 Å². The van der Waals surface area contributed by atoms with Gasteiger partial charge in [0.1, 0.15) is 0 Å². The fourth-order valence-electron chi connectivity index (χ4n) is 3.18. The van der Waals surface area contributed by atoms with E-state index in [0.29, 0.717) is 32.0 Å². The van der Waals surface area contributed by atoms with Crippen LogP contribution in [-0.2, 0) is 45.4 Å². The van der Waals surface area contributed by atoms with Crippen molar-refractivity contribution in [2.24, 2.45) is 0 Å². The van der Waals surface area contributed by atoms with Crippen LogP contribution in [0.3, 0.4) is 0 Å². The lowest BCUT2D eigenvalue weighted by atomic mass is 10.00. The van der Waals surface area contributed by atoms with Gasteiger partial charge in [0, 0.05) is 39.3 Å². The Labute approximate surface area is 212 Å². The fourth-order valence-corrected chi connectivity index (χ4v) is 5.32. The van der Waals surface area contributed by atoms with Crippen molar-refractivity contribution >= 4 is 25.8 Å². The van der Waals surface area contributed by atoms with Crippen LogP contribution in [0.4, 0.5) is 0 Å². The van der Waals surface area contributed by atoms with E-state index in [1.165, 1.54) is 24.3 Å². The normalized spacial score (nSPS) is 16.9. The number of nitrogens with one attached hydrogen (secondary N) is 2. The van der Waals surface area contributed by atoms with Gasteiger partial charge < -0.3 is 18.9 Å². The summed E-state index contributed by atoms with van der Waals surface area (Å²) in [5, 5.41) is 0. The van der Waals surface area contributed by atoms with Gasteiger partial charge in [-0.15, -0.1) is 0 Å². The zero-order valence-corrected chi connectivity index (χ0v) is 22.2. The molecule has 202 valence electrons. The molecule has 0 radical (unpaired) electrons. The third-order valence-electron chi connectivity index (χ3n) is 5.05. The molecule has 0 spiro atoms. The summed E-state index contributed by atoms with van der Waals surface area (Å²) in [4.78, 5) is 12.8. The SMILES string of the molecule is COCCOCCNS(=O)(=O)C1=C/CC(=O)c2cc(S(=O)(=O)NCCOCCOC)ccc2C/C=C\1. The molecule has 1 aromatic carbocycles. The number of sulfonamides is 2. The monoisotopic (exact) mass is 546 g/mol. The Hall–Kier alpha value is -1.97. The summed E-state index contributed by atoms with van der Waals surface area (Å²) in [6.45, 7) is 1.99. The second kappa shape index (κ2) is 15.3. The number of ether oxygens (including phenoxy) is 4. The van der Waals surface area contributed by atoms with Crippen molar-refractivity contribution in [3.05, 3.63) is 52.5 Å². The molecule has 0 amide bonds. The van der Waals surface area contributed by atoms with E-state index in [1.54, 1.807) is 26.4 Å². The number of benzene rings is 1. The molecular weight excluding hydrogens is 512 g/mol. The van der Waals surface area contributed by atoms with Gasteiger partial charge in [-0.05, 0) is 30.2 Å². The number of allylic oxidation sites excluding steroid dienone is 3. The lowest BCUT2D eigenvalue weighted by molar-refractivity contribution is 0.0736. The number of carbonyl (C=O) groups excluding carboxylic acids is 1. The first kappa shape index (κ1) is 30.3. The topological polar surface area (TPSA) is 146 Å². The first-order valence-corrected chi connectivity index (χ1v) is 14.3. The number of methoxy groups -OCH3 is 2. The molecule has 11 nitrogen and oxygen atoms in total. The molecule has 13 heteroatoms. The van der Waals surface area contributed by atoms with Gasteiger partial charge in [0.25, 0.3) is 0 Å². The minimum absolute atomic E-state index is 0.0384. The van der Waals surface area contributed by atoms with Gasteiger partial charge in [-0.2, -0.15) is 0 Å². The number of Topliss-reactive ketones (excluding diaryl/α,β-unsaturated/α-hetero) is 1. The fraction of sp³-hybridized carbons (Fsp3) is 0.522. The van der Waals surface area contributed by atoms with Crippen LogP contribution in [-0.4, -0.2) is 89.6 Å². The maximum atomic E-state index is 12.9. The molecule has 0 aromatic heterocycles. The number of ketones is 1. The van der Waals surface area contributed by atoms with Gasteiger partial charge >= 0.3 is 0 Å². The van der Waals surface area contributed by atoms with Crippen LogP contribution in [0.2, 0.25) is 0 Å². The van der Waals surface area contributed by atoms with E-state index in [1.807, 2.05) is 0 Å². The summed E-state index contributed by atoms with van der Waals surface area (Å²) in [7, 11) is -4.64. The summed E-state index contributed by atoms with van der Waals surface area (Å²) in [6.07, 6.45) is 4.43. The highest BCUT2D eigenvalue weighted by molar-refractivity contribution is 7.93. The second-order valence-corrected chi connectivity index (χ2v) is 11.2. The van der Waals surface area contributed by atoms with Gasteiger partial charge in [-0.25, -0.2) is 26.3 Å². The Bertz CT molecular complexity index is 1130. The zero-order valence-electron chi connectivity index (χ0n) is 20.5. The average Bonchev–Trinajstić information content (AvgIpc) is 2.92. The zero-order chi connectivity index (χ0) is 26.4. The molecule has 1 aliphatic carbocycles. The van der Waals surface area contributed by atoms with Crippen LogP contribution < -0.4 is 9.44 Å². The van der Waals surface area contributed by atoms with Crippen molar-refractivity contribution in [1.82, 2.24) is 9.44 Å². The lowest BCUT2D eigenvalue weighted by Crippen LogP contribution is -2.28. The molecule has 0 heterocycles. The van der Waals surface area contributed by atoms with Crippen molar-refractivity contribution in [2.75, 3.05) is 67.0 Å². The molecule has 1 aliphatic rings. The van der Waals surface area contributed by atoms with Crippen LogP contribution in [0.25, 0.3) is 0 Å². The lowest BCUT2D eigenvalue weighted by Gasteiger charge is -2.11. The highest BCUT2D eigenvalue weighted by Crippen LogP contribution is 2.22. The summed E-state index contributed by atoms with van der Waals surface area (Å²) in [5.41, 5.74) is 0.831. The van der Waals surface area contributed by atoms with Crippen molar-refractivity contribution in [3.8, 4) is 0 Å². The molecule has 2 N–H and O–H groups in total. The van der Waals surface area contributed by atoms with Crippen LogP contribution in [0.15, 0.2) is 46.2 Å². The van der Waals surface area contributed by atoms with Crippen molar-refractivity contribution in [2.45, 2.75) is 17.7 Å². The molecule has 0 atom stereocenters. The molecule has 2 rings (SSSR count). The molecule has 1 aromatic rings. The molecule has 36 heavy (non-hydrogen) atoms. The van der Waals surface area contributed by atoms with E-state index < -0.39 is 20.0 Å². The van der Waals surface area contributed by atoms with Crippen LogP contribution in [0.1, 0.15) is 22.3 Å². The van der Waals surface area contributed by atoms with E-state index in [2.05, 4.69) is 9.44 Å². The Morgan fingerprint density at radius 3 is 2.03 bits per heavy atom. The summed E-state index contributed by atoms with van der Waals surface area (Å²) in [6, 6.07) is 4.31. The van der Waals surface area contributed by atoms with Crippen LogP contribution in [0, 0.1) is 0 Å². The predicted molar refractivity (Wildman–Crippen MR) is 134 cm³/mol. The van der Waals surface area contributed by atoms with Crippen molar-refractivity contribution in [1.29, 1.82) is 0 Å². The van der Waals surface area contributed by atoms with Crippen molar-refractivity contribution < 1.29 is 40.6 Å². The smallest absolute Gasteiger partial charge is 0.240 e. The molecule has 0 saturated heterocycles. The van der Waals surface area contributed by atoms with E-state index in [-0.39, 0.29) is 60.3 Å². The largest absolute Gasteiger partial charge is 0.382 e. The first-order chi connectivity index (χ1) is 17.2. The highest BCUT2D eigenvalue weighted by Gasteiger charge is 2.21. The minimum Gasteiger partial charge on any atom is -0.382 e. The average molecular weight is 547 g/mol. The van der Waals surface area contributed by atoms with Crippen LogP contribution >= 0.6 is 0 Å². The van der Waals surface area contributed by atoms with Gasteiger partial charge in [0.05, 0.1) is 49.4 Å². The van der Waals surface area contributed by atoms with E-state index in [9.17, 15) is 21.6 Å². The van der Waals surface area contributed by atoms with E-state index in [4.69, 9.17) is 18.9 Å². The number of hydrogen-bond donors (Lipinski definition) is 2. The van der Waals surface area contributed by atoms with Gasteiger partial charge in [-0.3, -0.25) is 4.79 Å². The Kier molecular flexibility index (Phi) is 12.9. The Morgan fingerprint density at radius 1 is 0.806 bits per heavy atom. The van der Waals surface area contributed by atoms with Gasteiger partial charge in [0.2, 0.25) is 20.0 Å². The first-order valence-electron chi connectivity index (χ1n) is 11.4. The molecular formula is C23H34N2O9S2. The molecule has 0 saturated carbocycles. The van der Waals surface area contributed by atoms with Crippen LogP contribution in [0.5, 0.6) is 0 Å². The predicted octanol–water partition coefficient (Wildman–Crippen LogP) is 0.779. The number of carbonyl (C=O) groups is 1.